The number of aromatic nitrogens is 1. The summed E-state index contributed by atoms with van der Waals surface area (Å²) in [5.74, 6) is 0.745. The number of anilines is 2. The molecule has 1 aromatic carbocycles. The number of hydrogen-bond acceptors (Lipinski definition) is 4. The van der Waals surface area contributed by atoms with E-state index in [1.54, 1.807) is 30.5 Å². The zero-order valence-corrected chi connectivity index (χ0v) is 12.1. The Morgan fingerprint density at radius 1 is 1.14 bits per heavy atom. The van der Waals surface area contributed by atoms with E-state index in [2.05, 4.69) is 15.2 Å². The predicted octanol–water partition coefficient (Wildman–Crippen LogP) is 2.81. The van der Waals surface area contributed by atoms with Crippen LogP contribution in [0.4, 0.5) is 11.5 Å². The molecule has 1 aliphatic heterocycles. The summed E-state index contributed by atoms with van der Waals surface area (Å²) in [7, 11) is 0. The molecule has 0 aliphatic carbocycles. The minimum atomic E-state index is -0.208. The number of nitrogens with zero attached hydrogens (tertiary/aromatic N) is 3. The summed E-state index contributed by atoms with van der Waals surface area (Å²) in [4.78, 5) is 18.8. The minimum Gasteiger partial charge on any atom is -0.357 e. The second-order valence-corrected chi connectivity index (χ2v) is 5.24. The van der Waals surface area contributed by atoms with Gasteiger partial charge in [-0.05, 0) is 49.2 Å². The highest BCUT2D eigenvalue weighted by molar-refractivity contribution is 6.04. The lowest BCUT2D eigenvalue weighted by Crippen LogP contribution is -2.19. The Hall–Kier alpha value is -2.87. The molecular formula is C17H16N4O. The van der Waals surface area contributed by atoms with E-state index in [9.17, 15) is 4.79 Å². The van der Waals surface area contributed by atoms with Gasteiger partial charge in [-0.15, -0.1) is 0 Å². The first-order valence-electron chi connectivity index (χ1n) is 7.29. The molecule has 0 unspecified atom stereocenters. The largest absolute Gasteiger partial charge is 0.357 e. The van der Waals surface area contributed by atoms with Crippen molar-refractivity contribution in [3.8, 4) is 6.07 Å². The molecule has 5 heteroatoms. The van der Waals surface area contributed by atoms with Gasteiger partial charge in [0.1, 0.15) is 5.82 Å². The lowest BCUT2D eigenvalue weighted by atomic mass is 10.1. The van der Waals surface area contributed by atoms with Crippen LogP contribution in [0.25, 0.3) is 0 Å². The van der Waals surface area contributed by atoms with Crippen LogP contribution in [0.3, 0.4) is 0 Å². The summed E-state index contributed by atoms with van der Waals surface area (Å²) in [6, 6.07) is 12.4. The molecule has 0 bridgehead atoms. The molecule has 1 fully saturated rings. The number of rotatable bonds is 3. The van der Waals surface area contributed by atoms with Gasteiger partial charge in [0, 0.05) is 18.7 Å². The van der Waals surface area contributed by atoms with Crippen LogP contribution in [0, 0.1) is 11.3 Å². The third-order valence-electron chi connectivity index (χ3n) is 3.71. The molecule has 110 valence electrons. The van der Waals surface area contributed by atoms with Crippen molar-refractivity contribution in [3.63, 3.8) is 0 Å². The lowest BCUT2D eigenvalue weighted by Gasteiger charge is -2.16. The van der Waals surface area contributed by atoms with Gasteiger partial charge < -0.3 is 10.2 Å². The SMILES string of the molecule is N#Cc1ccc(C(=O)Nc2ccc(N3CCCC3)nc2)cc1. The maximum atomic E-state index is 12.1. The summed E-state index contributed by atoms with van der Waals surface area (Å²) >= 11 is 0. The van der Waals surface area contributed by atoms with Crippen molar-refractivity contribution in [2.75, 3.05) is 23.3 Å². The van der Waals surface area contributed by atoms with Crippen molar-refractivity contribution in [1.29, 1.82) is 5.26 Å². The van der Waals surface area contributed by atoms with E-state index >= 15 is 0 Å². The van der Waals surface area contributed by atoms with Crippen LogP contribution in [-0.4, -0.2) is 24.0 Å². The summed E-state index contributed by atoms with van der Waals surface area (Å²) in [6.45, 7) is 2.09. The summed E-state index contributed by atoms with van der Waals surface area (Å²) in [6.07, 6.45) is 4.09. The minimum absolute atomic E-state index is 0.208. The number of benzene rings is 1. The molecule has 1 aromatic heterocycles. The van der Waals surface area contributed by atoms with Gasteiger partial charge in [0.05, 0.1) is 23.5 Å². The van der Waals surface area contributed by atoms with Crippen LogP contribution in [0.5, 0.6) is 0 Å². The molecule has 2 aromatic rings. The molecule has 0 radical (unpaired) electrons. The van der Waals surface area contributed by atoms with Gasteiger partial charge in [-0.1, -0.05) is 0 Å². The average molecular weight is 292 g/mol. The van der Waals surface area contributed by atoms with Crippen molar-refractivity contribution in [2.45, 2.75) is 12.8 Å². The number of carbonyl (C=O) groups excluding carboxylic acids is 1. The van der Waals surface area contributed by atoms with Crippen LogP contribution in [0.2, 0.25) is 0 Å². The molecule has 1 amide bonds. The van der Waals surface area contributed by atoms with Crippen molar-refractivity contribution < 1.29 is 4.79 Å². The molecule has 22 heavy (non-hydrogen) atoms. The highest BCUT2D eigenvalue weighted by Crippen LogP contribution is 2.19. The van der Waals surface area contributed by atoms with E-state index in [4.69, 9.17) is 5.26 Å². The number of carbonyl (C=O) groups is 1. The van der Waals surface area contributed by atoms with Gasteiger partial charge in [-0.25, -0.2) is 4.98 Å². The summed E-state index contributed by atoms with van der Waals surface area (Å²) < 4.78 is 0. The molecule has 0 atom stereocenters. The maximum absolute atomic E-state index is 12.1. The van der Waals surface area contributed by atoms with Crippen molar-refractivity contribution in [3.05, 3.63) is 53.7 Å². The smallest absolute Gasteiger partial charge is 0.255 e. The number of nitrogens with one attached hydrogen (secondary N) is 1. The Bertz CT molecular complexity index is 695. The molecule has 5 nitrogen and oxygen atoms in total. The van der Waals surface area contributed by atoms with Gasteiger partial charge in [-0.3, -0.25) is 4.79 Å². The van der Waals surface area contributed by atoms with Crippen LogP contribution in [0.15, 0.2) is 42.6 Å². The van der Waals surface area contributed by atoms with E-state index < -0.39 is 0 Å². The molecule has 1 N–H and O–H groups in total. The second-order valence-electron chi connectivity index (χ2n) is 5.24. The van der Waals surface area contributed by atoms with Crippen LogP contribution < -0.4 is 10.2 Å². The van der Waals surface area contributed by atoms with Crippen molar-refractivity contribution >= 4 is 17.4 Å². The highest BCUT2D eigenvalue weighted by Gasteiger charge is 2.13. The zero-order chi connectivity index (χ0) is 15.4. The predicted molar refractivity (Wildman–Crippen MR) is 84.8 cm³/mol. The highest BCUT2D eigenvalue weighted by atomic mass is 16.1. The van der Waals surface area contributed by atoms with E-state index in [0.29, 0.717) is 16.8 Å². The Labute approximate surface area is 129 Å². The molecule has 1 aliphatic rings. The molecule has 3 rings (SSSR count). The third-order valence-corrected chi connectivity index (χ3v) is 3.71. The number of amides is 1. The van der Waals surface area contributed by atoms with Gasteiger partial charge >= 0.3 is 0 Å². The summed E-state index contributed by atoms with van der Waals surface area (Å²) in [5, 5.41) is 11.6. The fourth-order valence-corrected chi connectivity index (χ4v) is 2.49. The Balaban J connectivity index is 1.66. The van der Waals surface area contributed by atoms with Crippen LogP contribution >= 0.6 is 0 Å². The first kappa shape index (κ1) is 14.1. The van der Waals surface area contributed by atoms with Crippen LogP contribution in [0.1, 0.15) is 28.8 Å². The van der Waals surface area contributed by atoms with E-state index in [1.807, 2.05) is 18.2 Å². The number of pyridine rings is 1. The average Bonchev–Trinajstić information content (AvgIpc) is 3.10. The van der Waals surface area contributed by atoms with Gasteiger partial charge in [0.25, 0.3) is 5.91 Å². The van der Waals surface area contributed by atoms with Crippen LogP contribution in [-0.2, 0) is 0 Å². The van der Waals surface area contributed by atoms with Gasteiger partial charge in [-0.2, -0.15) is 5.26 Å². The van der Waals surface area contributed by atoms with E-state index in [0.717, 1.165) is 18.9 Å². The molecule has 2 heterocycles. The maximum Gasteiger partial charge on any atom is 0.255 e. The fourth-order valence-electron chi connectivity index (χ4n) is 2.49. The Morgan fingerprint density at radius 2 is 1.86 bits per heavy atom. The quantitative estimate of drug-likeness (QED) is 0.944. The van der Waals surface area contributed by atoms with Gasteiger partial charge in [0.15, 0.2) is 0 Å². The van der Waals surface area contributed by atoms with Gasteiger partial charge in [0.2, 0.25) is 0 Å². The fraction of sp³-hybridized carbons (Fsp3) is 0.235. The first-order valence-corrected chi connectivity index (χ1v) is 7.29. The lowest BCUT2D eigenvalue weighted by molar-refractivity contribution is 0.102. The first-order chi connectivity index (χ1) is 10.8. The normalized spacial score (nSPS) is 13.7. The zero-order valence-electron chi connectivity index (χ0n) is 12.1. The topological polar surface area (TPSA) is 69.0 Å². The molecular weight excluding hydrogens is 276 g/mol. The van der Waals surface area contributed by atoms with E-state index in [-0.39, 0.29) is 5.91 Å². The summed E-state index contributed by atoms with van der Waals surface area (Å²) in [5.41, 5.74) is 1.72. The third kappa shape index (κ3) is 3.07. The molecule has 1 saturated heterocycles. The second kappa shape index (κ2) is 6.27. The number of hydrogen-bond donors (Lipinski definition) is 1. The standard InChI is InChI=1S/C17H16N4O/c18-11-13-3-5-14(6-4-13)17(22)20-15-7-8-16(19-12-15)21-9-1-2-10-21/h3-8,12H,1-2,9-10H2,(H,20,22). The van der Waals surface area contributed by atoms with E-state index in [1.165, 1.54) is 12.8 Å². The number of nitriles is 1. The van der Waals surface area contributed by atoms with Crippen molar-refractivity contribution in [2.24, 2.45) is 0 Å². The van der Waals surface area contributed by atoms with Crippen molar-refractivity contribution in [1.82, 2.24) is 4.98 Å². The molecule has 0 spiro atoms. The Morgan fingerprint density at radius 3 is 2.45 bits per heavy atom. The molecule has 0 saturated carbocycles. The monoisotopic (exact) mass is 292 g/mol. The Kier molecular flexibility index (Phi) is 4.01.